The minimum atomic E-state index is -0.618. The lowest BCUT2D eigenvalue weighted by Gasteiger charge is -2.31. The van der Waals surface area contributed by atoms with Crippen LogP contribution in [0.5, 0.6) is 0 Å². The largest absolute Gasteiger partial charge is 0.350 e. The summed E-state index contributed by atoms with van der Waals surface area (Å²) in [6.07, 6.45) is 6.07. The van der Waals surface area contributed by atoms with Gasteiger partial charge in [-0.3, -0.25) is 14.4 Å². The van der Waals surface area contributed by atoms with Crippen molar-refractivity contribution < 1.29 is 14.4 Å². The van der Waals surface area contributed by atoms with Gasteiger partial charge in [-0.05, 0) is 18.8 Å². The Balaban J connectivity index is 0.00000312. The van der Waals surface area contributed by atoms with Crippen LogP contribution in [0.15, 0.2) is 0 Å². The van der Waals surface area contributed by atoms with Crippen LogP contribution in [0.1, 0.15) is 52.4 Å². The molecule has 0 radical (unpaired) electrons. The highest BCUT2D eigenvalue weighted by Crippen LogP contribution is 2.26. The van der Waals surface area contributed by atoms with E-state index in [9.17, 15) is 14.4 Å². The van der Waals surface area contributed by atoms with Crippen LogP contribution < -0.4 is 16.4 Å². The number of likely N-dealkylation sites (tertiary alicyclic amines) is 1. The molecule has 25 heavy (non-hydrogen) atoms. The van der Waals surface area contributed by atoms with Crippen LogP contribution in [0.4, 0.5) is 0 Å². The zero-order valence-electron chi connectivity index (χ0n) is 15.1. The molecule has 4 N–H and O–H groups in total. The summed E-state index contributed by atoms with van der Waals surface area (Å²) in [4.78, 5) is 37.9. The van der Waals surface area contributed by atoms with Crippen LogP contribution in [0.25, 0.3) is 0 Å². The third-order valence-corrected chi connectivity index (χ3v) is 4.98. The molecule has 1 unspecified atom stereocenters. The van der Waals surface area contributed by atoms with Gasteiger partial charge in [-0.25, -0.2) is 0 Å². The summed E-state index contributed by atoms with van der Waals surface area (Å²) < 4.78 is 0. The van der Waals surface area contributed by atoms with Crippen molar-refractivity contribution in [3.8, 4) is 0 Å². The topological polar surface area (TPSA) is 105 Å². The third kappa shape index (κ3) is 6.15. The average molecular weight is 375 g/mol. The molecule has 1 aliphatic heterocycles. The minimum absolute atomic E-state index is 0. The molecule has 2 rings (SSSR count). The molecule has 0 aromatic rings. The summed E-state index contributed by atoms with van der Waals surface area (Å²) >= 11 is 0. The van der Waals surface area contributed by atoms with Crippen LogP contribution in [0.2, 0.25) is 0 Å². The Morgan fingerprint density at radius 1 is 1.24 bits per heavy atom. The molecular weight excluding hydrogens is 344 g/mol. The van der Waals surface area contributed by atoms with Crippen molar-refractivity contribution in [1.82, 2.24) is 15.5 Å². The fraction of sp³-hybridized carbons (Fsp3) is 0.824. The van der Waals surface area contributed by atoms with E-state index in [1.54, 1.807) is 0 Å². The molecule has 144 valence electrons. The summed E-state index contributed by atoms with van der Waals surface area (Å²) in [5.74, 6) is -0.461. The SMILES string of the molecule is CC(C)[C@H](N)C(=O)NCC(=O)NC1CC(=O)N(C2CCCCC2)C1.Cl. The van der Waals surface area contributed by atoms with Crippen LogP contribution in [-0.4, -0.2) is 53.8 Å². The van der Waals surface area contributed by atoms with E-state index in [4.69, 9.17) is 5.73 Å². The van der Waals surface area contributed by atoms with Gasteiger partial charge in [-0.2, -0.15) is 0 Å². The van der Waals surface area contributed by atoms with Crippen molar-refractivity contribution in [3.63, 3.8) is 0 Å². The van der Waals surface area contributed by atoms with Crippen molar-refractivity contribution in [2.24, 2.45) is 11.7 Å². The Morgan fingerprint density at radius 3 is 2.48 bits per heavy atom. The first kappa shape index (κ1) is 21.7. The predicted octanol–water partition coefficient (Wildman–Crippen LogP) is 0.558. The van der Waals surface area contributed by atoms with E-state index in [-0.39, 0.29) is 48.6 Å². The number of hydrogen-bond acceptors (Lipinski definition) is 4. The number of halogens is 1. The fourth-order valence-corrected chi connectivity index (χ4v) is 3.44. The number of nitrogens with zero attached hydrogens (tertiary/aromatic N) is 1. The van der Waals surface area contributed by atoms with E-state index in [0.29, 0.717) is 19.0 Å². The number of carbonyl (C=O) groups excluding carboxylic acids is 3. The Bertz CT molecular complexity index is 481. The van der Waals surface area contributed by atoms with E-state index in [0.717, 1.165) is 12.8 Å². The second-order valence-electron chi connectivity index (χ2n) is 7.29. The molecule has 1 saturated carbocycles. The molecule has 3 amide bonds. The quantitative estimate of drug-likeness (QED) is 0.631. The standard InChI is InChI=1S/C17H30N4O3.ClH/c1-11(2)16(18)17(24)19-9-14(22)20-12-8-15(23)21(10-12)13-6-4-3-5-7-13;/h11-13,16H,3-10,18H2,1-2H3,(H,19,24)(H,20,22);1H/t12?,16-;/m0./s1. The van der Waals surface area contributed by atoms with E-state index < -0.39 is 6.04 Å². The Morgan fingerprint density at radius 2 is 1.88 bits per heavy atom. The molecule has 0 spiro atoms. The van der Waals surface area contributed by atoms with Crippen LogP contribution in [-0.2, 0) is 14.4 Å². The minimum Gasteiger partial charge on any atom is -0.350 e. The van der Waals surface area contributed by atoms with Crippen molar-refractivity contribution in [1.29, 1.82) is 0 Å². The smallest absolute Gasteiger partial charge is 0.239 e. The van der Waals surface area contributed by atoms with Crippen molar-refractivity contribution in [2.45, 2.75) is 70.5 Å². The van der Waals surface area contributed by atoms with E-state index >= 15 is 0 Å². The zero-order chi connectivity index (χ0) is 17.7. The maximum atomic E-state index is 12.2. The van der Waals surface area contributed by atoms with Gasteiger partial charge in [0.25, 0.3) is 0 Å². The molecule has 2 atom stereocenters. The second-order valence-corrected chi connectivity index (χ2v) is 7.29. The highest BCUT2D eigenvalue weighted by molar-refractivity contribution is 5.88. The molecule has 0 bridgehead atoms. The normalized spacial score (nSPS) is 22.5. The van der Waals surface area contributed by atoms with Gasteiger partial charge in [0.1, 0.15) is 0 Å². The predicted molar refractivity (Wildman–Crippen MR) is 98.2 cm³/mol. The summed E-state index contributed by atoms with van der Waals surface area (Å²) in [5, 5.41) is 5.39. The second kappa shape index (κ2) is 9.97. The number of nitrogens with one attached hydrogen (secondary N) is 2. The lowest BCUT2D eigenvalue weighted by Crippen LogP contribution is -2.49. The maximum Gasteiger partial charge on any atom is 0.239 e. The van der Waals surface area contributed by atoms with Crippen molar-refractivity contribution in [2.75, 3.05) is 13.1 Å². The zero-order valence-corrected chi connectivity index (χ0v) is 15.9. The lowest BCUT2D eigenvalue weighted by atomic mass is 9.94. The van der Waals surface area contributed by atoms with Gasteiger partial charge >= 0.3 is 0 Å². The molecule has 1 heterocycles. The molecule has 0 aromatic carbocycles. The van der Waals surface area contributed by atoms with Gasteiger partial charge in [0.2, 0.25) is 17.7 Å². The molecule has 1 aliphatic carbocycles. The summed E-state index contributed by atoms with van der Waals surface area (Å²) in [6, 6.07) is -0.452. The first-order valence-electron chi connectivity index (χ1n) is 9.00. The van der Waals surface area contributed by atoms with Crippen LogP contribution in [0.3, 0.4) is 0 Å². The maximum absolute atomic E-state index is 12.2. The molecule has 8 heteroatoms. The molecule has 1 saturated heterocycles. The molecule has 0 aromatic heterocycles. The summed E-state index contributed by atoms with van der Waals surface area (Å²) in [7, 11) is 0. The molecule has 7 nitrogen and oxygen atoms in total. The number of amides is 3. The van der Waals surface area contributed by atoms with Gasteiger partial charge < -0.3 is 21.3 Å². The van der Waals surface area contributed by atoms with Crippen molar-refractivity contribution >= 4 is 30.1 Å². The molecule has 2 fully saturated rings. The Labute approximate surface area is 155 Å². The number of nitrogens with two attached hydrogens (primary N) is 1. The first-order valence-corrected chi connectivity index (χ1v) is 9.00. The monoisotopic (exact) mass is 374 g/mol. The fourth-order valence-electron chi connectivity index (χ4n) is 3.44. The highest BCUT2D eigenvalue weighted by atomic mass is 35.5. The third-order valence-electron chi connectivity index (χ3n) is 4.98. The first-order chi connectivity index (χ1) is 11.4. The van der Waals surface area contributed by atoms with Crippen LogP contribution in [0, 0.1) is 5.92 Å². The van der Waals surface area contributed by atoms with E-state index in [1.807, 2.05) is 18.7 Å². The number of hydrogen-bond donors (Lipinski definition) is 3. The van der Waals surface area contributed by atoms with Gasteiger partial charge in [0, 0.05) is 19.0 Å². The number of carbonyl (C=O) groups is 3. The summed E-state index contributed by atoms with van der Waals surface area (Å²) in [5.41, 5.74) is 5.73. The van der Waals surface area contributed by atoms with Gasteiger partial charge in [-0.15, -0.1) is 12.4 Å². The van der Waals surface area contributed by atoms with Crippen LogP contribution >= 0.6 is 12.4 Å². The highest BCUT2D eigenvalue weighted by Gasteiger charge is 2.35. The van der Waals surface area contributed by atoms with E-state index in [1.165, 1.54) is 19.3 Å². The lowest BCUT2D eigenvalue weighted by molar-refractivity contribution is -0.130. The average Bonchev–Trinajstić information content (AvgIpc) is 2.92. The van der Waals surface area contributed by atoms with Gasteiger partial charge in [-0.1, -0.05) is 33.1 Å². The van der Waals surface area contributed by atoms with Gasteiger partial charge in [0.05, 0.1) is 18.6 Å². The molecular formula is C17H31ClN4O3. The Hall–Kier alpha value is -1.34. The number of rotatable bonds is 6. The van der Waals surface area contributed by atoms with E-state index in [2.05, 4.69) is 10.6 Å². The Kier molecular flexibility index (Phi) is 8.65. The van der Waals surface area contributed by atoms with Crippen molar-refractivity contribution in [3.05, 3.63) is 0 Å². The summed E-state index contributed by atoms with van der Waals surface area (Å²) in [6.45, 7) is 4.19. The van der Waals surface area contributed by atoms with Gasteiger partial charge in [0.15, 0.2) is 0 Å². The molecule has 2 aliphatic rings.